The van der Waals surface area contributed by atoms with Gasteiger partial charge in [0.1, 0.15) is 0 Å². The second-order valence-electron chi connectivity index (χ2n) is 6.58. The Morgan fingerprint density at radius 1 is 1.22 bits per heavy atom. The fourth-order valence-electron chi connectivity index (χ4n) is 2.21. The van der Waals surface area contributed by atoms with E-state index in [1.807, 2.05) is 0 Å². The zero-order valence-corrected chi connectivity index (χ0v) is 12.7. The topological polar surface area (TPSA) is 38.0 Å². The molecule has 2 nitrogen and oxygen atoms in total. The molecule has 0 fully saturated rings. The molecule has 102 valence electrons. The van der Waals surface area contributed by atoms with Crippen LogP contribution >= 0.6 is 0 Å². The molecule has 2 heteroatoms. The summed E-state index contributed by atoms with van der Waals surface area (Å²) in [7, 11) is 0. The summed E-state index contributed by atoms with van der Waals surface area (Å²) in [5, 5.41) is 0. The van der Waals surface area contributed by atoms with Gasteiger partial charge in [-0.2, -0.15) is 0 Å². The van der Waals surface area contributed by atoms with E-state index in [2.05, 4.69) is 65.2 Å². The average molecular weight is 248 g/mol. The summed E-state index contributed by atoms with van der Waals surface area (Å²) in [4.78, 5) is 0. The van der Waals surface area contributed by atoms with Crippen LogP contribution < -0.4 is 11.3 Å². The Bertz CT molecular complexity index is 391. The van der Waals surface area contributed by atoms with Crippen molar-refractivity contribution in [1.82, 2.24) is 5.43 Å². The molecular weight excluding hydrogens is 220 g/mol. The Kier molecular flexibility index (Phi) is 4.94. The van der Waals surface area contributed by atoms with Gasteiger partial charge in [0.15, 0.2) is 0 Å². The summed E-state index contributed by atoms with van der Waals surface area (Å²) < 4.78 is 0. The number of hydrogen-bond donors (Lipinski definition) is 2. The molecule has 0 aromatic heterocycles. The van der Waals surface area contributed by atoms with E-state index in [4.69, 9.17) is 5.84 Å². The molecule has 1 aromatic rings. The SMILES string of the molecule is Cc1ccc(C(CC(C)C(C)(C)C)NN)c(C)c1. The molecule has 0 aliphatic rings. The summed E-state index contributed by atoms with van der Waals surface area (Å²) in [5.41, 5.74) is 7.23. The van der Waals surface area contributed by atoms with Crippen molar-refractivity contribution in [2.24, 2.45) is 17.2 Å². The molecule has 0 amide bonds. The highest BCUT2D eigenvalue weighted by molar-refractivity contribution is 5.32. The van der Waals surface area contributed by atoms with E-state index in [1.54, 1.807) is 0 Å². The molecule has 2 atom stereocenters. The first-order chi connectivity index (χ1) is 8.25. The lowest BCUT2D eigenvalue weighted by atomic mass is 9.77. The number of rotatable bonds is 4. The summed E-state index contributed by atoms with van der Waals surface area (Å²) in [5.74, 6) is 6.36. The Hall–Kier alpha value is -0.860. The van der Waals surface area contributed by atoms with Crippen LogP contribution in [0.15, 0.2) is 18.2 Å². The maximum atomic E-state index is 5.75. The van der Waals surface area contributed by atoms with Crippen molar-refractivity contribution < 1.29 is 0 Å². The molecule has 1 aromatic carbocycles. The van der Waals surface area contributed by atoms with Crippen LogP contribution in [0.4, 0.5) is 0 Å². The van der Waals surface area contributed by atoms with Crippen molar-refractivity contribution in [3.8, 4) is 0 Å². The third kappa shape index (κ3) is 3.82. The van der Waals surface area contributed by atoms with Crippen molar-refractivity contribution >= 4 is 0 Å². The molecule has 2 unspecified atom stereocenters. The predicted octanol–water partition coefficient (Wildman–Crippen LogP) is 3.88. The fraction of sp³-hybridized carbons (Fsp3) is 0.625. The third-order valence-corrected chi connectivity index (χ3v) is 4.07. The van der Waals surface area contributed by atoms with E-state index in [0.29, 0.717) is 11.3 Å². The van der Waals surface area contributed by atoms with Gasteiger partial charge in [0.25, 0.3) is 0 Å². The zero-order valence-electron chi connectivity index (χ0n) is 12.7. The number of nitrogens with two attached hydrogens (primary N) is 1. The molecule has 18 heavy (non-hydrogen) atoms. The molecule has 0 saturated carbocycles. The summed E-state index contributed by atoms with van der Waals surface area (Å²) >= 11 is 0. The van der Waals surface area contributed by atoms with Crippen LogP contribution in [-0.2, 0) is 0 Å². The van der Waals surface area contributed by atoms with Crippen molar-refractivity contribution in [2.45, 2.75) is 54.0 Å². The van der Waals surface area contributed by atoms with E-state index in [0.717, 1.165) is 6.42 Å². The van der Waals surface area contributed by atoms with Gasteiger partial charge in [-0.25, -0.2) is 0 Å². The normalized spacial score (nSPS) is 15.5. The Labute approximate surface area is 112 Å². The van der Waals surface area contributed by atoms with Crippen molar-refractivity contribution in [3.63, 3.8) is 0 Å². The highest BCUT2D eigenvalue weighted by Gasteiger charge is 2.24. The second-order valence-corrected chi connectivity index (χ2v) is 6.58. The predicted molar refractivity (Wildman–Crippen MR) is 79.2 cm³/mol. The van der Waals surface area contributed by atoms with Gasteiger partial charge >= 0.3 is 0 Å². The lowest BCUT2D eigenvalue weighted by molar-refractivity contribution is 0.223. The van der Waals surface area contributed by atoms with Crippen LogP contribution in [-0.4, -0.2) is 0 Å². The van der Waals surface area contributed by atoms with Crippen molar-refractivity contribution in [2.75, 3.05) is 0 Å². The third-order valence-electron chi connectivity index (χ3n) is 4.07. The maximum absolute atomic E-state index is 5.75. The van der Waals surface area contributed by atoms with Crippen molar-refractivity contribution in [1.29, 1.82) is 0 Å². The first-order valence-corrected chi connectivity index (χ1v) is 6.79. The second kappa shape index (κ2) is 5.85. The summed E-state index contributed by atoms with van der Waals surface area (Å²) in [6, 6.07) is 6.82. The molecule has 0 aliphatic heterocycles. The van der Waals surface area contributed by atoms with Gasteiger partial charge < -0.3 is 0 Å². The molecule has 3 N–H and O–H groups in total. The lowest BCUT2D eigenvalue weighted by Crippen LogP contribution is -2.32. The van der Waals surface area contributed by atoms with Crippen LogP contribution in [0.1, 0.15) is 56.8 Å². The minimum Gasteiger partial charge on any atom is -0.271 e. The smallest absolute Gasteiger partial charge is 0.0465 e. The monoisotopic (exact) mass is 248 g/mol. The minimum atomic E-state index is 0.236. The highest BCUT2D eigenvalue weighted by atomic mass is 15.2. The fourth-order valence-corrected chi connectivity index (χ4v) is 2.21. The zero-order chi connectivity index (χ0) is 13.9. The van der Waals surface area contributed by atoms with E-state index in [-0.39, 0.29) is 6.04 Å². The van der Waals surface area contributed by atoms with Gasteiger partial charge in [0.2, 0.25) is 0 Å². The number of benzene rings is 1. The molecule has 0 radical (unpaired) electrons. The van der Waals surface area contributed by atoms with Gasteiger partial charge in [-0.05, 0) is 42.7 Å². The van der Waals surface area contributed by atoms with Crippen LogP contribution in [0.25, 0.3) is 0 Å². The number of nitrogens with one attached hydrogen (secondary N) is 1. The quantitative estimate of drug-likeness (QED) is 0.627. The molecule has 0 saturated heterocycles. The van der Waals surface area contributed by atoms with Crippen molar-refractivity contribution in [3.05, 3.63) is 34.9 Å². The maximum Gasteiger partial charge on any atom is 0.0465 e. The van der Waals surface area contributed by atoms with Gasteiger partial charge in [0.05, 0.1) is 0 Å². The molecule has 1 rings (SSSR count). The standard InChI is InChI=1S/C16H28N2/c1-11-7-8-14(12(2)9-11)15(18-17)10-13(3)16(4,5)6/h7-9,13,15,18H,10,17H2,1-6H3. The number of aryl methyl sites for hydroxylation is 2. The summed E-state index contributed by atoms with van der Waals surface area (Å²) in [6.07, 6.45) is 1.06. The molecule has 0 heterocycles. The van der Waals surface area contributed by atoms with Gasteiger partial charge in [-0.1, -0.05) is 51.5 Å². The molecule has 0 spiro atoms. The van der Waals surface area contributed by atoms with Gasteiger partial charge in [-0.15, -0.1) is 0 Å². The average Bonchev–Trinajstić information content (AvgIpc) is 2.25. The first-order valence-electron chi connectivity index (χ1n) is 6.79. The van der Waals surface area contributed by atoms with Gasteiger partial charge in [-0.3, -0.25) is 11.3 Å². The van der Waals surface area contributed by atoms with Gasteiger partial charge in [0, 0.05) is 6.04 Å². The van der Waals surface area contributed by atoms with E-state index in [9.17, 15) is 0 Å². The minimum absolute atomic E-state index is 0.236. The molecular formula is C16H28N2. The highest BCUT2D eigenvalue weighted by Crippen LogP contribution is 2.33. The Morgan fingerprint density at radius 2 is 1.83 bits per heavy atom. The van der Waals surface area contributed by atoms with E-state index in [1.165, 1.54) is 16.7 Å². The first kappa shape index (κ1) is 15.2. The largest absolute Gasteiger partial charge is 0.271 e. The Morgan fingerprint density at radius 3 is 2.28 bits per heavy atom. The summed E-state index contributed by atoms with van der Waals surface area (Å²) in [6.45, 7) is 13.4. The van der Waals surface area contributed by atoms with Crippen LogP contribution in [0.3, 0.4) is 0 Å². The number of hydrazine groups is 1. The molecule has 0 aliphatic carbocycles. The van der Waals surface area contributed by atoms with E-state index >= 15 is 0 Å². The number of hydrogen-bond acceptors (Lipinski definition) is 2. The van der Waals surface area contributed by atoms with Crippen LogP contribution in [0.2, 0.25) is 0 Å². The van der Waals surface area contributed by atoms with Crippen LogP contribution in [0.5, 0.6) is 0 Å². The van der Waals surface area contributed by atoms with E-state index < -0.39 is 0 Å². The molecule has 0 bridgehead atoms. The Balaban J connectivity index is 2.90. The lowest BCUT2D eigenvalue weighted by Gasteiger charge is -2.31. The van der Waals surface area contributed by atoms with Crippen LogP contribution in [0, 0.1) is 25.2 Å².